The van der Waals surface area contributed by atoms with E-state index in [9.17, 15) is 19.7 Å². The van der Waals surface area contributed by atoms with Crippen LogP contribution in [0.2, 0.25) is 13.1 Å². The fourth-order valence-corrected chi connectivity index (χ4v) is 5.91. The molecule has 8 nitrogen and oxygen atoms in total. The van der Waals surface area contributed by atoms with Crippen molar-refractivity contribution in [1.29, 1.82) is 0 Å². The molecule has 3 rings (SSSR count). The van der Waals surface area contributed by atoms with Gasteiger partial charge in [0.15, 0.2) is 9.04 Å². The molecule has 1 heterocycles. The average Bonchev–Trinajstić information content (AvgIpc) is 2.89. The quantitative estimate of drug-likeness (QED) is 0.0659. The molecule has 2 aromatic rings. The van der Waals surface area contributed by atoms with Crippen LogP contribution in [0.15, 0.2) is 54.6 Å². The van der Waals surface area contributed by atoms with Crippen LogP contribution in [0, 0.1) is 33.3 Å². The Labute approximate surface area is 237 Å². The number of carbonyl (C=O) groups is 2. The number of esters is 1. The summed E-state index contributed by atoms with van der Waals surface area (Å²) in [4.78, 5) is 39.2. The second-order valence-electron chi connectivity index (χ2n) is 11.4. The van der Waals surface area contributed by atoms with Crippen LogP contribution in [0.5, 0.6) is 0 Å². The molecule has 0 aromatic heterocycles. The molecule has 0 N–H and O–H groups in total. The largest absolute Gasteiger partial charge is 0.459 e. The van der Waals surface area contributed by atoms with E-state index in [1.54, 1.807) is 17.0 Å². The van der Waals surface area contributed by atoms with Gasteiger partial charge in [0, 0.05) is 29.5 Å². The van der Waals surface area contributed by atoms with E-state index in [-0.39, 0.29) is 54.0 Å². The minimum atomic E-state index is -1.31. The second kappa shape index (κ2) is 12.9. The van der Waals surface area contributed by atoms with Crippen molar-refractivity contribution in [3.63, 3.8) is 0 Å². The van der Waals surface area contributed by atoms with Gasteiger partial charge in [0.25, 0.3) is 5.69 Å². The number of ether oxygens (including phenoxy) is 1. The van der Waals surface area contributed by atoms with Gasteiger partial charge in [-0.3, -0.25) is 19.7 Å². The van der Waals surface area contributed by atoms with E-state index in [1.165, 1.54) is 12.1 Å². The topological polar surface area (TPSA) is 99.0 Å². The third-order valence-corrected chi connectivity index (χ3v) is 8.75. The van der Waals surface area contributed by atoms with Crippen LogP contribution in [0.3, 0.4) is 0 Å². The van der Waals surface area contributed by atoms with Gasteiger partial charge in [-0.2, -0.15) is 0 Å². The lowest BCUT2D eigenvalue weighted by atomic mass is 9.63. The molecule has 1 saturated heterocycles. The van der Waals surface area contributed by atoms with Gasteiger partial charge in [0.2, 0.25) is 5.91 Å². The number of nitrogens with zero attached hydrogens (tertiary/aromatic N) is 2. The number of likely N-dealkylation sites (tertiary alicyclic amines) is 1. The maximum absolute atomic E-state index is 13.6. The van der Waals surface area contributed by atoms with Crippen molar-refractivity contribution in [2.45, 2.75) is 53.4 Å². The highest BCUT2D eigenvalue weighted by Gasteiger charge is 2.56. The Bertz CT molecular complexity index is 1180. The number of carbonyl (C=O) groups excluding carboxylic acids is 2. The zero-order valence-electron chi connectivity index (χ0n) is 23.5. The van der Waals surface area contributed by atoms with Crippen LogP contribution < -0.4 is 0 Å². The summed E-state index contributed by atoms with van der Waals surface area (Å²) >= 11 is 5.88. The molecule has 0 spiro atoms. The molecule has 1 fully saturated rings. The van der Waals surface area contributed by atoms with Crippen LogP contribution in [0.25, 0.3) is 0 Å². The van der Waals surface area contributed by atoms with Crippen LogP contribution in [0.4, 0.5) is 5.69 Å². The van der Waals surface area contributed by atoms with E-state index in [4.69, 9.17) is 21.4 Å². The number of rotatable bonds is 12. The molecule has 1 aliphatic rings. The Kier molecular flexibility index (Phi) is 10.1. The van der Waals surface area contributed by atoms with Crippen molar-refractivity contribution in [3.8, 4) is 0 Å². The summed E-state index contributed by atoms with van der Waals surface area (Å²) in [6, 6.07) is 15.3. The molecule has 1 amide bonds. The summed E-state index contributed by atoms with van der Waals surface area (Å²) in [6.45, 7) is 12.9. The molecule has 10 heteroatoms. The maximum atomic E-state index is 13.6. The van der Waals surface area contributed by atoms with Gasteiger partial charge in [-0.1, -0.05) is 70.2 Å². The number of hydrogen-bond donors (Lipinski definition) is 0. The number of thiocarbonyl (C=S) groups is 1. The molecule has 0 unspecified atom stereocenters. The fourth-order valence-electron chi connectivity index (χ4n) is 5.04. The molecule has 210 valence electrons. The summed E-state index contributed by atoms with van der Waals surface area (Å²) in [5.74, 6) is -1.19. The summed E-state index contributed by atoms with van der Waals surface area (Å²) in [5.41, 5.74) is 1.32. The maximum Gasteiger partial charge on any atom is 0.325 e. The van der Waals surface area contributed by atoms with Gasteiger partial charge in [0.1, 0.15) is 13.2 Å². The van der Waals surface area contributed by atoms with E-state index in [0.29, 0.717) is 12.2 Å². The van der Waals surface area contributed by atoms with Gasteiger partial charge in [-0.05, 0) is 47.7 Å². The van der Waals surface area contributed by atoms with Gasteiger partial charge < -0.3 is 14.1 Å². The lowest BCUT2D eigenvalue weighted by molar-refractivity contribution is -0.384. The molecule has 0 aliphatic carbocycles. The Hall–Kier alpha value is -2.95. The van der Waals surface area contributed by atoms with Gasteiger partial charge in [-0.15, -0.1) is 0 Å². The van der Waals surface area contributed by atoms with E-state index >= 15 is 0 Å². The van der Waals surface area contributed by atoms with E-state index in [0.717, 1.165) is 10.4 Å². The van der Waals surface area contributed by atoms with Crippen molar-refractivity contribution in [1.82, 2.24) is 4.90 Å². The van der Waals surface area contributed by atoms with E-state index < -0.39 is 19.9 Å². The van der Waals surface area contributed by atoms with Crippen molar-refractivity contribution >= 4 is 43.7 Å². The molecule has 0 bridgehead atoms. The van der Waals surface area contributed by atoms with Crippen LogP contribution in [0.1, 0.15) is 38.8 Å². The molecular formula is C29H38N2O6SSi. The van der Waals surface area contributed by atoms with Crippen molar-refractivity contribution in [3.05, 3.63) is 75.8 Å². The molecule has 2 aromatic carbocycles. The summed E-state index contributed by atoms with van der Waals surface area (Å²) < 4.78 is 11.6. The zero-order chi connectivity index (χ0) is 28.9. The Morgan fingerprint density at radius 2 is 1.74 bits per heavy atom. The number of hydrogen-bond acceptors (Lipinski definition) is 7. The monoisotopic (exact) mass is 570 g/mol. The first-order valence-corrected chi connectivity index (χ1v) is 16.4. The molecule has 4 atom stereocenters. The Balaban J connectivity index is 1.80. The minimum Gasteiger partial charge on any atom is -0.459 e. The lowest BCUT2D eigenvalue weighted by Gasteiger charge is -2.55. The first kappa shape index (κ1) is 30.6. The third-order valence-electron chi connectivity index (χ3n) is 7.28. The molecule has 0 saturated carbocycles. The number of amides is 1. The van der Waals surface area contributed by atoms with Crippen molar-refractivity contribution in [2.24, 2.45) is 23.2 Å². The van der Waals surface area contributed by atoms with Crippen LogP contribution in [-0.2, 0) is 25.4 Å². The zero-order valence-corrected chi connectivity index (χ0v) is 25.4. The smallest absolute Gasteiger partial charge is 0.325 e. The first-order valence-electron chi connectivity index (χ1n) is 13.2. The third kappa shape index (κ3) is 7.58. The number of benzene rings is 2. The van der Waals surface area contributed by atoms with E-state index in [1.807, 2.05) is 37.3 Å². The average molecular weight is 571 g/mol. The Morgan fingerprint density at radius 1 is 1.13 bits per heavy atom. The highest BCUT2D eigenvalue weighted by molar-refractivity contribution is 7.80. The minimum absolute atomic E-state index is 0.0361. The highest BCUT2D eigenvalue weighted by Crippen LogP contribution is 2.45. The predicted molar refractivity (Wildman–Crippen MR) is 157 cm³/mol. The van der Waals surface area contributed by atoms with Gasteiger partial charge in [0.05, 0.1) is 16.9 Å². The highest BCUT2D eigenvalue weighted by atomic mass is 32.1. The normalized spacial score (nSPS) is 18.8. The number of β-lactam (4-membered cyclic amide) rings is 1. The Morgan fingerprint density at radius 3 is 2.28 bits per heavy atom. The second-order valence-corrected chi connectivity index (χ2v) is 14.3. The van der Waals surface area contributed by atoms with Gasteiger partial charge >= 0.3 is 5.97 Å². The van der Waals surface area contributed by atoms with Crippen LogP contribution in [-0.4, -0.2) is 54.8 Å². The van der Waals surface area contributed by atoms with E-state index in [2.05, 4.69) is 33.9 Å². The fraction of sp³-hybridized carbons (Fsp3) is 0.483. The lowest BCUT2D eigenvalue weighted by Crippen LogP contribution is -2.69. The number of nitro benzene ring substituents is 1. The van der Waals surface area contributed by atoms with Gasteiger partial charge in [-0.25, -0.2) is 0 Å². The van der Waals surface area contributed by atoms with Crippen LogP contribution >= 0.6 is 12.2 Å². The predicted octanol–water partition coefficient (Wildman–Crippen LogP) is 5.18. The van der Waals surface area contributed by atoms with Crippen molar-refractivity contribution in [2.75, 3.05) is 13.2 Å². The molecule has 39 heavy (non-hydrogen) atoms. The summed E-state index contributed by atoms with van der Waals surface area (Å²) in [6.07, 6.45) is 0. The molecule has 0 radical (unpaired) electrons. The summed E-state index contributed by atoms with van der Waals surface area (Å²) in [7, 11) is -1.31. The molecular weight excluding hydrogens is 532 g/mol. The van der Waals surface area contributed by atoms with Crippen molar-refractivity contribution < 1.29 is 23.7 Å². The number of nitro groups is 1. The number of non-ortho nitro benzene ring substituents is 1. The summed E-state index contributed by atoms with van der Waals surface area (Å²) in [5, 5.41) is 10.9. The molecule has 1 aliphatic heterocycles. The SMILES string of the molecule is C[C@@H](C(=S)c1ccccc1)[C@@H]1[C@H]([C@@H](CO[SiH](C)C)C(C)(C)C)C(=O)N1CC(=O)OCc1ccc([N+](=O)[O-])cc1. The standard InChI is InChI=1S/C29H38N2O6SSi/c1-19(27(38)21-10-8-7-9-11-21)26-25(23(29(2,3)4)18-37-39(5)6)28(33)30(26)16-24(32)36-17-20-12-14-22(15-13-20)31(34)35/h7-15,19,23,25-26,39H,16-18H2,1-6H3/t19-,23-,25+,26-/m1/s1. The first-order chi connectivity index (χ1) is 18.3.